The summed E-state index contributed by atoms with van der Waals surface area (Å²) in [5, 5.41) is 0. The number of hydrogen-bond donors (Lipinski definition) is 0. The first-order valence-corrected chi connectivity index (χ1v) is 10.2. The van der Waals surface area contributed by atoms with Crippen LogP contribution < -0.4 is 5.56 Å². The molecule has 28 heavy (non-hydrogen) atoms. The highest BCUT2D eigenvalue weighted by Gasteiger charge is 2.27. The summed E-state index contributed by atoms with van der Waals surface area (Å²) in [5.41, 5.74) is 0.233. The van der Waals surface area contributed by atoms with Crippen LogP contribution in [0.4, 0.5) is 0 Å². The normalized spacial score (nSPS) is 18.0. The van der Waals surface area contributed by atoms with Gasteiger partial charge < -0.3 is 9.80 Å². The number of piperazine rings is 1. The van der Waals surface area contributed by atoms with E-state index in [1.165, 1.54) is 36.3 Å². The van der Waals surface area contributed by atoms with Crippen LogP contribution >= 0.6 is 0 Å². The Kier molecular flexibility index (Phi) is 5.41. The highest BCUT2D eigenvalue weighted by Crippen LogP contribution is 2.28. The predicted molar refractivity (Wildman–Crippen MR) is 105 cm³/mol. The van der Waals surface area contributed by atoms with Gasteiger partial charge in [0.05, 0.1) is 0 Å². The first kappa shape index (κ1) is 18.7. The molecular weight excluding hydrogens is 356 g/mol. The van der Waals surface area contributed by atoms with Gasteiger partial charge in [-0.15, -0.1) is 0 Å². The van der Waals surface area contributed by atoms with E-state index in [9.17, 15) is 14.4 Å². The molecule has 7 nitrogen and oxygen atoms in total. The van der Waals surface area contributed by atoms with Gasteiger partial charge in [-0.2, -0.15) is 0 Å². The van der Waals surface area contributed by atoms with Gasteiger partial charge in [-0.3, -0.25) is 18.8 Å². The summed E-state index contributed by atoms with van der Waals surface area (Å²) < 4.78 is 1.38. The first-order chi connectivity index (χ1) is 13.6. The Balaban J connectivity index is 1.35. The monoisotopic (exact) mass is 382 g/mol. The minimum absolute atomic E-state index is 0.0738. The molecule has 2 aromatic rings. The molecule has 1 aliphatic heterocycles. The number of rotatable bonds is 4. The van der Waals surface area contributed by atoms with E-state index in [0.29, 0.717) is 44.2 Å². The molecule has 2 aromatic heterocycles. The molecule has 7 heteroatoms. The van der Waals surface area contributed by atoms with Crippen LogP contribution in [0.3, 0.4) is 0 Å². The molecule has 2 fully saturated rings. The molecule has 1 saturated carbocycles. The Labute approximate surface area is 164 Å². The van der Waals surface area contributed by atoms with Crippen molar-refractivity contribution in [2.75, 3.05) is 26.2 Å². The number of fused-ring (bicyclic) bond motifs is 1. The lowest BCUT2D eigenvalue weighted by atomic mass is 10.0. The molecule has 148 valence electrons. The lowest BCUT2D eigenvalue weighted by molar-refractivity contribution is -0.133. The van der Waals surface area contributed by atoms with Crippen LogP contribution in [-0.2, 0) is 4.79 Å². The fourth-order valence-electron chi connectivity index (χ4n) is 4.29. The quantitative estimate of drug-likeness (QED) is 0.810. The largest absolute Gasteiger partial charge is 0.339 e. The van der Waals surface area contributed by atoms with Crippen molar-refractivity contribution < 1.29 is 9.59 Å². The van der Waals surface area contributed by atoms with Crippen molar-refractivity contribution in [3.63, 3.8) is 0 Å². The number of carbonyl (C=O) groups excluding carboxylic acids is 2. The van der Waals surface area contributed by atoms with Crippen LogP contribution in [0.2, 0.25) is 0 Å². The second-order valence-corrected chi connectivity index (χ2v) is 7.77. The van der Waals surface area contributed by atoms with Gasteiger partial charge in [0.15, 0.2) is 0 Å². The standard InChI is InChI=1S/C21H26N4O3/c26-19(9-8-16-5-1-2-6-16)23-11-13-24(14-12-23)20(27)17-15-22-18-7-3-4-10-25(18)21(17)28/h3-4,7,10,15-16H,1-2,5-6,8-9,11-14H2. The van der Waals surface area contributed by atoms with Gasteiger partial charge in [0.25, 0.3) is 11.5 Å². The molecule has 1 aliphatic carbocycles. The SMILES string of the molecule is O=C(CCC1CCCC1)N1CCN(C(=O)c2cnc3ccccn3c2=O)CC1. The van der Waals surface area contributed by atoms with Crippen molar-refractivity contribution in [2.45, 2.75) is 38.5 Å². The van der Waals surface area contributed by atoms with Gasteiger partial charge in [0, 0.05) is 45.0 Å². The number of nitrogens with zero attached hydrogens (tertiary/aromatic N) is 4. The van der Waals surface area contributed by atoms with Crippen molar-refractivity contribution >= 4 is 17.5 Å². The third-order valence-electron chi connectivity index (χ3n) is 6.00. The Morgan fingerprint density at radius 3 is 2.50 bits per heavy atom. The zero-order chi connectivity index (χ0) is 19.5. The highest BCUT2D eigenvalue weighted by molar-refractivity contribution is 5.94. The van der Waals surface area contributed by atoms with Crippen LogP contribution in [0.25, 0.3) is 5.65 Å². The van der Waals surface area contributed by atoms with Crippen molar-refractivity contribution in [1.82, 2.24) is 19.2 Å². The van der Waals surface area contributed by atoms with E-state index in [1.807, 2.05) is 4.90 Å². The summed E-state index contributed by atoms with van der Waals surface area (Å²) in [6.45, 7) is 1.95. The van der Waals surface area contributed by atoms with E-state index >= 15 is 0 Å². The van der Waals surface area contributed by atoms with Gasteiger partial charge in [-0.25, -0.2) is 4.98 Å². The summed E-state index contributed by atoms with van der Waals surface area (Å²) in [6, 6.07) is 5.26. The summed E-state index contributed by atoms with van der Waals surface area (Å²) in [5.74, 6) is 0.584. The van der Waals surface area contributed by atoms with Crippen LogP contribution in [0, 0.1) is 5.92 Å². The van der Waals surface area contributed by atoms with Gasteiger partial charge in [0.2, 0.25) is 5.91 Å². The van der Waals surface area contributed by atoms with Crippen molar-refractivity contribution in [1.29, 1.82) is 0 Å². The molecule has 0 spiro atoms. The summed E-state index contributed by atoms with van der Waals surface area (Å²) >= 11 is 0. The van der Waals surface area contributed by atoms with Gasteiger partial charge in [-0.05, 0) is 24.5 Å². The van der Waals surface area contributed by atoms with Gasteiger partial charge in [-0.1, -0.05) is 31.7 Å². The third kappa shape index (κ3) is 3.79. The molecule has 2 aliphatic rings. The number of amides is 2. The molecule has 0 aromatic carbocycles. The molecule has 4 rings (SSSR count). The molecule has 2 amide bonds. The fraction of sp³-hybridized carbons (Fsp3) is 0.524. The maximum Gasteiger partial charge on any atom is 0.270 e. The Hall–Kier alpha value is -2.70. The van der Waals surface area contributed by atoms with Gasteiger partial charge >= 0.3 is 0 Å². The topological polar surface area (TPSA) is 75.0 Å². The molecule has 0 radical (unpaired) electrons. The zero-order valence-corrected chi connectivity index (χ0v) is 16.0. The maximum atomic E-state index is 12.8. The second kappa shape index (κ2) is 8.12. The smallest absolute Gasteiger partial charge is 0.270 e. The molecule has 0 atom stereocenters. The average molecular weight is 382 g/mol. The van der Waals surface area contributed by atoms with E-state index in [-0.39, 0.29) is 22.9 Å². The Morgan fingerprint density at radius 2 is 1.75 bits per heavy atom. The highest BCUT2D eigenvalue weighted by atomic mass is 16.2. The minimum atomic E-state index is -0.356. The van der Waals surface area contributed by atoms with E-state index in [2.05, 4.69) is 4.98 Å². The van der Waals surface area contributed by atoms with E-state index < -0.39 is 0 Å². The van der Waals surface area contributed by atoms with Crippen molar-refractivity contribution in [3.8, 4) is 0 Å². The zero-order valence-electron chi connectivity index (χ0n) is 16.0. The Morgan fingerprint density at radius 1 is 1.04 bits per heavy atom. The molecule has 1 saturated heterocycles. The maximum absolute atomic E-state index is 12.8. The minimum Gasteiger partial charge on any atom is -0.339 e. The molecule has 0 N–H and O–H groups in total. The lowest BCUT2D eigenvalue weighted by Crippen LogP contribution is -2.51. The summed E-state index contributed by atoms with van der Waals surface area (Å²) in [4.78, 5) is 45.6. The molecule has 0 bridgehead atoms. The number of carbonyl (C=O) groups is 2. The number of aromatic nitrogens is 2. The molecular formula is C21H26N4O3. The summed E-state index contributed by atoms with van der Waals surface area (Å²) in [6.07, 6.45) is 9.66. The summed E-state index contributed by atoms with van der Waals surface area (Å²) in [7, 11) is 0. The fourth-order valence-corrected chi connectivity index (χ4v) is 4.29. The van der Waals surface area contributed by atoms with E-state index in [1.54, 1.807) is 29.3 Å². The predicted octanol–water partition coefficient (Wildman–Crippen LogP) is 1.95. The van der Waals surface area contributed by atoms with E-state index in [4.69, 9.17) is 0 Å². The van der Waals surface area contributed by atoms with Crippen molar-refractivity contribution in [3.05, 3.63) is 46.5 Å². The number of pyridine rings is 1. The molecule has 0 unspecified atom stereocenters. The molecule has 3 heterocycles. The van der Waals surface area contributed by atoms with Crippen LogP contribution in [0.1, 0.15) is 48.9 Å². The average Bonchev–Trinajstić information content (AvgIpc) is 3.26. The first-order valence-electron chi connectivity index (χ1n) is 10.2. The van der Waals surface area contributed by atoms with Crippen molar-refractivity contribution in [2.24, 2.45) is 5.92 Å². The number of hydrogen-bond acceptors (Lipinski definition) is 4. The van der Waals surface area contributed by atoms with E-state index in [0.717, 1.165) is 6.42 Å². The third-order valence-corrected chi connectivity index (χ3v) is 6.00. The Bertz CT molecular complexity index is 925. The second-order valence-electron chi connectivity index (χ2n) is 7.77. The van der Waals surface area contributed by atoms with Crippen LogP contribution in [0.5, 0.6) is 0 Å². The van der Waals surface area contributed by atoms with Crippen LogP contribution in [0.15, 0.2) is 35.4 Å². The lowest BCUT2D eigenvalue weighted by Gasteiger charge is -2.34. The van der Waals surface area contributed by atoms with Crippen LogP contribution in [-0.4, -0.2) is 57.2 Å². The van der Waals surface area contributed by atoms with Gasteiger partial charge in [0.1, 0.15) is 11.2 Å².